The molecule has 1 fully saturated rings. The van der Waals surface area contributed by atoms with E-state index in [1.54, 1.807) is 0 Å². The minimum atomic E-state index is -0.785. The Morgan fingerprint density at radius 2 is 2.07 bits per heavy atom. The van der Waals surface area contributed by atoms with Gasteiger partial charge in [-0.05, 0) is 11.8 Å². The molecule has 80 valence electrons. The summed E-state index contributed by atoms with van der Waals surface area (Å²) in [6.07, 6.45) is 0.570. The molecule has 0 radical (unpaired) electrons. The number of allylic oxidation sites excluding steroid dienone is 1. The summed E-state index contributed by atoms with van der Waals surface area (Å²) in [6, 6.07) is 0. The van der Waals surface area contributed by atoms with Crippen LogP contribution in [0.25, 0.3) is 0 Å². The molecule has 0 aromatic heterocycles. The van der Waals surface area contributed by atoms with Crippen LogP contribution in [-0.4, -0.2) is 11.1 Å². The Labute approximate surface area is 93.9 Å². The van der Waals surface area contributed by atoms with E-state index in [1.165, 1.54) is 5.54 Å². The van der Waals surface area contributed by atoms with Gasteiger partial charge in [0.25, 0.3) is 0 Å². The Balaban J connectivity index is 3.09. The van der Waals surface area contributed by atoms with E-state index >= 15 is 0 Å². The first kappa shape index (κ1) is 11.9. The molecule has 0 spiro atoms. The SMILES string of the molecule is CCC1(C(=O)O)C(/C(Cl)=C/Cl)C1(C)C. The second kappa shape index (κ2) is 3.42. The lowest BCUT2D eigenvalue weighted by Gasteiger charge is -2.11. The van der Waals surface area contributed by atoms with Gasteiger partial charge in [-0.15, -0.1) is 0 Å². The zero-order valence-electron chi connectivity index (χ0n) is 8.47. The third-order valence-corrected chi connectivity index (χ3v) is 4.27. The van der Waals surface area contributed by atoms with Gasteiger partial charge in [-0.3, -0.25) is 4.79 Å². The van der Waals surface area contributed by atoms with E-state index in [0.29, 0.717) is 11.5 Å². The molecule has 14 heavy (non-hydrogen) atoms. The van der Waals surface area contributed by atoms with Crippen LogP contribution >= 0.6 is 23.2 Å². The van der Waals surface area contributed by atoms with Gasteiger partial charge in [0.05, 0.1) is 5.41 Å². The molecule has 1 aliphatic rings. The van der Waals surface area contributed by atoms with Crippen LogP contribution in [0.15, 0.2) is 10.6 Å². The second-order valence-electron chi connectivity index (χ2n) is 4.28. The fraction of sp³-hybridized carbons (Fsp3) is 0.700. The summed E-state index contributed by atoms with van der Waals surface area (Å²) in [5.74, 6) is -0.941. The molecule has 1 rings (SSSR count). The van der Waals surface area contributed by atoms with E-state index in [0.717, 1.165) is 0 Å². The Hall–Kier alpha value is -0.210. The van der Waals surface area contributed by atoms with E-state index in [2.05, 4.69) is 0 Å². The van der Waals surface area contributed by atoms with Gasteiger partial charge in [0.2, 0.25) is 0 Å². The first-order valence-corrected chi connectivity index (χ1v) is 5.36. The third kappa shape index (κ3) is 1.20. The normalized spacial score (nSPS) is 35.5. The number of hydrogen-bond donors (Lipinski definition) is 1. The Kier molecular flexibility index (Phi) is 2.90. The van der Waals surface area contributed by atoms with Crippen molar-refractivity contribution in [3.63, 3.8) is 0 Å². The molecule has 2 atom stereocenters. The van der Waals surface area contributed by atoms with Crippen LogP contribution in [0.4, 0.5) is 0 Å². The Morgan fingerprint density at radius 1 is 1.57 bits per heavy atom. The highest BCUT2D eigenvalue weighted by molar-refractivity contribution is 6.37. The van der Waals surface area contributed by atoms with Crippen LogP contribution in [0.3, 0.4) is 0 Å². The molecular formula is C10H14Cl2O2. The molecule has 0 amide bonds. The predicted octanol–water partition coefficient (Wildman–Crippen LogP) is 3.44. The van der Waals surface area contributed by atoms with Crippen LogP contribution in [0.1, 0.15) is 27.2 Å². The number of aliphatic carboxylic acids is 1. The van der Waals surface area contributed by atoms with Gasteiger partial charge in [0.15, 0.2) is 0 Å². The van der Waals surface area contributed by atoms with E-state index in [-0.39, 0.29) is 11.3 Å². The Bertz CT molecular complexity index is 296. The zero-order valence-corrected chi connectivity index (χ0v) is 9.99. The summed E-state index contributed by atoms with van der Waals surface area (Å²) in [7, 11) is 0. The minimum Gasteiger partial charge on any atom is -0.481 e. The largest absolute Gasteiger partial charge is 0.481 e. The molecular weight excluding hydrogens is 223 g/mol. The van der Waals surface area contributed by atoms with Gasteiger partial charge in [-0.2, -0.15) is 0 Å². The molecule has 0 aromatic rings. The number of hydrogen-bond acceptors (Lipinski definition) is 1. The molecule has 2 unspecified atom stereocenters. The van der Waals surface area contributed by atoms with Crippen LogP contribution in [0, 0.1) is 16.7 Å². The second-order valence-corrected chi connectivity index (χ2v) is 4.93. The highest BCUT2D eigenvalue weighted by atomic mass is 35.5. The quantitative estimate of drug-likeness (QED) is 0.816. The molecule has 0 saturated heterocycles. The number of halogens is 2. The van der Waals surface area contributed by atoms with Crippen molar-refractivity contribution in [1.29, 1.82) is 0 Å². The van der Waals surface area contributed by atoms with Crippen molar-refractivity contribution in [2.24, 2.45) is 16.7 Å². The average molecular weight is 237 g/mol. The van der Waals surface area contributed by atoms with Crippen LogP contribution in [0.2, 0.25) is 0 Å². The van der Waals surface area contributed by atoms with E-state index < -0.39 is 11.4 Å². The van der Waals surface area contributed by atoms with Crippen molar-refractivity contribution >= 4 is 29.2 Å². The molecule has 2 nitrogen and oxygen atoms in total. The van der Waals surface area contributed by atoms with Gasteiger partial charge in [0, 0.05) is 16.5 Å². The van der Waals surface area contributed by atoms with Gasteiger partial charge in [-0.25, -0.2) is 0 Å². The first-order chi connectivity index (χ1) is 6.36. The molecule has 0 heterocycles. The lowest BCUT2D eigenvalue weighted by atomic mass is 9.93. The summed E-state index contributed by atoms with van der Waals surface area (Å²) < 4.78 is 0. The summed E-state index contributed by atoms with van der Waals surface area (Å²) in [4.78, 5) is 11.2. The van der Waals surface area contributed by atoms with E-state index in [1.807, 2.05) is 20.8 Å². The van der Waals surface area contributed by atoms with E-state index in [4.69, 9.17) is 23.2 Å². The molecule has 0 aliphatic heterocycles. The van der Waals surface area contributed by atoms with Gasteiger partial charge < -0.3 is 5.11 Å². The smallest absolute Gasteiger partial charge is 0.310 e. The predicted molar refractivity (Wildman–Crippen MR) is 57.4 cm³/mol. The summed E-state index contributed by atoms with van der Waals surface area (Å²) >= 11 is 11.4. The summed E-state index contributed by atoms with van der Waals surface area (Å²) in [6.45, 7) is 5.70. The van der Waals surface area contributed by atoms with Gasteiger partial charge >= 0.3 is 5.97 Å². The fourth-order valence-corrected chi connectivity index (χ4v) is 3.29. The molecule has 1 N–H and O–H groups in total. The third-order valence-electron chi connectivity index (χ3n) is 3.60. The molecule has 1 aliphatic carbocycles. The molecule has 4 heteroatoms. The molecule has 0 aromatic carbocycles. The zero-order chi connectivity index (χ0) is 11.1. The van der Waals surface area contributed by atoms with Crippen molar-refractivity contribution in [2.75, 3.05) is 0 Å². The van der Waals surface area contributed by atoms with Crippen molar-refractivity contribution in [3.05, 3.63) is 10.6 Å². The van der Waals surface area contributed by atoms with Crippen molar-refractivity contribution in [1.82, 2.24) is 0 Å². The lowest BCUT2D eigenvalue weighted by molar-refractivity contribution is -0.145. The molecule has 0 bridgehead atoms. The van der Waals surface area contributed by atoms with E-state index in [9.17, 15) is 9.90 Å². The van der Waals surface area contributed by atoms with Crippen LogP contribution < -0.4 is 0 Å². The first-order valence-electron chi connectivity index (χ1n) is 4.55. The highest BCUT2D eigenvalue weighted by Gasteiger charge is 2.75. The maximum Gasteiger partial charge on any atom is 0.310 e. The average Bonchev–Trinajstić information content (AvgIpc) is 2.62. The number of rotatable bonds is 3. The van der Waals surface area contributed by atoms with Crippen molar-refractivity contribution < 1.29 is 9.90 Å². The van der Waals surface area contributed by atoms with Crippen molar-refractivity contribution in [3.8, 4) is 0 Å². The number of carbonyl (C=O) groups is 1. The summed E-state index contributed by atoms with van der Waals surface area (Å²) in [5, 5.41) is 9.67. The summed E-state index contributed by atoms with van der Waals surface area (Å²) in [5.41, 5.74) is 0.222. The fourth-order valence-electron chi connectivity index (χ4n) is 2.71. The number of carboxylic acid groups (broad SMARTS) is 1. The lowest BCUT2D eigenvalue weighted by Crippen LogP contribution is -2.20. The standard InChI is InChI=1S/C10H14Cl2O2/c1-4-10(8(13)14)7(6(12)5-11)9(10,2)3/h5,7H,4H2,1-3H3,(H,13,14)/b6-5-. The monoisotopic (exact) mass is 236 g/mol. The van der Waals surface area contributed by atoms with Crippen LogP contribution in [0.5, 0.6) is 0 Å². The van der Waals surface area contributed by atoms with Crippen molar-refractivity contribution in [2.45, 2.75) is 27.2 Å². The van der Waals surface area contributed by atoms with Gasteiger partial charge in [0.1, 0.15) is 0 Å². The van der Waals surface area contributed by atoms with Gasteiger partial charge in [-0.1, -0.05) is 44.0 Å². The maximum absolute atomic E-state index is 11.2. The van der Waals surface area contributed by atoms with Crippen LogP contribution in [-0.2, 0) is 4.79 Å². The Morgan fingerprint density at radius 3 is 2.29 bits per heavy atom. The molecule has 1 saturated carbocycles. The minimum absolute atomic E-state index is 0.156. The topological polar surface area (TPSA) is 37.3 Å². The highest BCUT2D eigenvalue weighted by Crippen LogP contribution is 2.73. The number of carboxylic acids is 1. The maximum atomic E-state index is 11.2.